The van der Waals surface area contributed by atoms with E-state index in [-0.39, 0.29) is 12.6 Å². The fraction of sp³-hybridized carbons (Fsp3) is 0.0952. The maximum Gasteiger partial charge on any atom is 0.221 e. The first-order valence-electron chi connectivity index (χ1n) is 8.82. The number of aliphatic hydroxyl groups excluding tert-OH is 1. The third-order valence-corrected chi connectivity index (χ3v) is 4.20. The lowest BCUT2D eigenvalue weighted by molar-refractivity contribution is 0.276. The largest absolute Gasteiger partial charge is 0.390 e. The molecule has 3 heterocycles. The molecule has 3 N–H and O–H groups in total. The third-order valence-electron chi connectivity index (χ3n) is 4.20. The van der Waals surface area contributed by atoms with Crippen molar-refractivity contribution in [3.05, 3.63) is 71.7 Å². The van der Waals surface area contributed by atoms with E-state index in [1.54, 1.807) is 18.3 Å². The highest BCUT2D eigenvalue weighted by Crippen LogP contribution is 2.24. The number of terminal acetylenes is 1. The van der Waals surface area contributed by atoms with Crippen LogP contribution >= 0.6 is 0 Å². The van der Waals surface area contributed by atoms with Crippen LogP contribution in [-0.4, -0.2) is 35.1 Å². The Kier molecular flexibility index (Phi) is 4.97. The number of nitrogens with zero attached hydrogens (tertiary/aromatic N) is 6. The van der Waals surface area contributed by atoms with E-state index in [0.29, 0.717) is 29.3 Å². The van der Waals surface area contributed by atoms with Crippen molar-refractivity contribution in [1.29, 1.82) is 0 Å². The number of nitrogens with two attached hydrogens (primary N) is 1. The first kappa shape index (κ1) is 18.3. The molecule has 8 nitrogen and oxygen atoms in total. The Balaban J connectivity index is 1.64. The van der Waals surface area contributed by atoms with Gasteiger partial charge in [-0.1, -0.05) is 24.1 Å². The van der Waals surface area contributed by atoms with Gasteiger partial charge in [-0.2, -0.15) is 15.0 Å². The molecule has 3 aromatic heterocycles. The number of benzene rings is 1. The molecule has 142 valence electrons. The lowest BCUT2D eigenvalue weighted by Crippen LogP contribution is -2.07. The van der Waals surface area contributed by atoms with Gasteiger partial charge in [0.15, 0.2) is 0 Å². The van der Waals surface area contributed by atoms with Crippen LogP contribution in [0.15, 0.2) is 54.7 Å². The van der Waals surface area contributed by atoms with Crippen molar-refractivity contribution in [2.75, 3.05) is 5.73 Å². The molecule has 0 bridgehead atoms. The summed E-state index contributed by atoms with van der Waals surface area (Å²) in [5, 5.41) is 18.0. The average Bonchev–Trinajstić information content (AvgIpc) is 3.22. The van der Waals surface area contributed by atoms with Crippen LogP contribution in [0, 0.1) is 12.3 Å². The first-order chi connectivity index (χ1) is 14.1. The maximum atomic E-state index is 9.22. The molecule has 0 saturated heterocycles. The third kappa shape index (κ3) is 4.10. The number of nitrogen functional groups attached to an aromatic ring is 1. The van der Waals surface area contributed by atoms with Crippen molar-refractivity contribution in [2.45, 2.75) is 13.2 Å². The zero-order valence-electron chi connectivity index (χ0n) is 15.4. The van der Waals surface area contributed by atoms with Gasteiger partial charge in [0.25, 0.3) is 0 Å². The maximum absolute atomic E-state index is 9.22. The molecule has 0 fully saturated rings. The predicted octanol–water partition coefficient (Wildman–Crippen LogP) is 1.90. The van der Waals surface area contributed by atoms with Crippen LogP contribution in [-0.2, 0) is 13.2 Å². The Bertz CT molecular complexity index is 1210. The van der Waals surface area contributed by atoms with E-state index >= 15 is 0 Å². The number of pyridine rings is 1. The molecule has 1 aromatic carbocycles. The van der Waals surface area contributed by atoms with Gasteiger partial charge in [-0.15, -0.1) is 6.42 Å². The Morgan fingerprint density at radius 1 is 0.966 bits per heavy atom. The Morgan fingerprint density at radius 2 is 1.76 bits per heavy atom. The van der Waals surface area contributed by atoms with E-state index in [4.69, 9.17) is 12.2 Å². The molecule has 0 unspecified atom stereocenters. The Labute approximate surface area is 167 Å². The van der Waals surface area contributed by atoms with E-state index in [1.807, 2.05) is 36.4 Å². The molecule has 0 aliphatic rings. The van der Waals surface area contributed by atoms with E-state index in [1.165, 1.54) is 4.80 Å². The molecule has 8 heteroatoms. The van der Waals surface area contributed by atoms with Crippen LogP contribution in [0.1, 0.15) is 17.0 Å². The van der Waals surface area contributed by atoms with E-state index < -0.39 is 0 Å². The van der Waals surface area contributed by atoms with Gasteiger partial charge in [-0.05, 0) is 30.3 Å². The van der Waals surface area contributed by atoms with Crippen molar-refractivity contribution >= 4 is 5.95 Å². The molecule has 0 atom stereocenters. The second-order valence-corrected chi connectivity index (χ2v) is 6.26. The summed E-state index contributed by atoms with van der Waals surface area (Å²) < 4.78 is 0. The summed E-state index contributed by atoms with van der Waals surface area (Å²) >= 11 is 0. The monoisotopic (exact) mass is 383 g/mol. The quantitative estimate of drug-likeness (QED) is 0.506. The number of aromatic nitrogens is 6. The first-order valence-corrected chi connectivity index (χ1v) is 8.82. The number of anilines is 1. The zero-order chi connectivity index (χ0) is 20.2. The number of hydrogen-bond acceptors (Lipinski definition) is 7. The molecule has 4 rings (SSSR count). The van der Waals surface area contributed by atoms with Crippen LogP contribution < -0.4 is 5.73 Å². The van der Waals surface area contributed by atoms with Crippen molar-refractivity contribution < 1.29 is 5.11 Å². The molecule has 0 spiro atoms. The molecule has 29 heavy (non-hydrogen) atoms. The molecule has 0 aliphatic carbocycles. The lowest BCUT2D eigenvalue weighted by atomic mass is 10.1. The van der Waals surface area contributed by atoms with Crippen LogP contribution in [0.2, 0.25) is 0 Å². The van der Waals surface area contributed by atoms with E-state index in [0.717, 1.165) is 16.8 Å². The summed E-state index contributed by atoms with van der Waals surface area (Å²) in [6.07, 6.45) is 7.09. The van der Waals surface area contributed by atoms with E-state index in [2.05, 4.69) is 31.1 Å². The van der Waals surface area contributed by atoms with Crippen molar-refractivity contribution in [2.24, 2.45) is 0 Å². The smallest absolute Gasteiger partial charge is 0.221 e. The van der Waals surface area contributed by atoms with Gasteiger partial charge in [0.05, 0.1) is 35.6 Å². The summed E-state index contributed by atoms with van der Waals surface area (Å²) in [5.74, 6) is 2.75. The average molecular weight is 383 g/mol. The fourth-order valence-electron chi connectivity index (χ4n) is 2.85. The number of aliphatic hydroxyl groups is 1. The van der Waals surface area contributed by atoms with Crippen LogP contribution in [0.25, 0.3) is 22.6 Å². The van der Waals surface area contributed by atoms with Gasteiger partial charge in [-0.3, -0.25) is 4.98 Å². The minimum absolute atomic E-state index is 0.116. The van der Waals surface area contributed by atoms with E-state index in [9.17, 15) is 5.11 Å². The molecule has 0 radical (unpaired) electrons. The zero-order valence-corrected chi connectivity index (χ0v) is 15.4. The van der Waals surface area contributed by atoms with Crippen LogP contribution in [0.5, 0.6) is 0 Å². The molecule has 0 aliphatic heterocycles. The van der Waals surface area contributed by atoms with Gasteiger partial charge >= 0.3 is 0 Å². The summed E-state index contributed by atoms with van der Waals surface area (Å²) in [7, 11) is 0. The Morgan fingerprint density at radius 3 is 2.59 bits per heavy atom. The lowest BCUT2D eigenvalue weighted by Gasteiger charge is -2.05. The standard InChI is InChI=1S/C21H17N7O/c1-2-14-5-3-6-15(9-14)18-10-19(26-21(22)25-18)20-11-23-28(27-20)12-16-7-4-8-17(13-29)24-16/h1,3-11,29H,12-13H2,(H2,22,25,26). The van der Waals surface area contributed by atoms with Gasteiger partial charge in [0, 0.05) is 11.1 Å². The summed E-state index contributed by atoms with van der Waals surface area (Å²) in [6, 6.07) is 14.7. The second kappa shape index (κ2) is 7.88. The van der Waals surface area contributed by atoms with Crippen molar-refractivity contribution in [3.8, 4) is 35.0 Å². The van der Waals surface area contributed by atoms with Gasteiger partial charge < -0.3 is 10.8 Å². The molecular weight excluding hydrogens is 366 g/mol. The molecule has 0 saturated carbocycles. The van der Waals surface area contributed by atoms with Gasteiger partial charge in [0.2, 0.25) is 5.95 Å². The normalized spacial score (nSPS) is 10.6. The summed E-state index contributed by atoms with van der Waals surface area (Å²) in [6.45, 7) is 0.251. The van der Waals surface area contributed by atoms with Gasteiger partial charge in [0.1, 0.15) is 12.2 Å². The van der Waals surface area contributed by atoms with Crippen LogP contribution in [0.3, 0.4) is 0 Å². The SMILES string of the molecule is C#Cc1cccc(-c2cc(-c3cnn(Cc4cccc(CO)n4)n3)nc(N)n2)c1. The van der Waals surface area contributed by atoms with Crippen molar-refractivity contribution in [3.63, 3.8) is 0 Å². The second-order valence-electron chi connectivity index (χ2n) is 6.26. The number of rotatable bonds is 5. The number of hydrogen-bond donors (Lipinski definition) is 2. The topological polar surface area (TPSA) is 116 Å². The molecule has 0 amide bonds. The summed E-state index contributed by atoms with van der Waals surface area (Å²) in [4.78, 5) is 14.4. The predicted molar refractivity (Wildman–Crippen MR) is 108 cm³/mol. The highest BCUT2D eigenvalue weighted by molar-refractivity contribution is 5.68. The fourth-order valence-corrected chi connectivity index (χ4v) is 2.85. The highest BCUT2D eigenvalue weighted by Gasteiger charge is 2.11. The van der Waals surface area contributed by atoms with Crippen LogP contribution in [0.4, 0.5) is 5.95 Å². The van der Waals surface area contributed by atoms with Gasteiger partial charge in [-0.25, -0.2) is 9.97 Å². The molecular formula is C21H17N7O. The summed E-state index contributed by atoms with van der Waals surface area (Å²) in [5.41, 5.74) is 10.6. The minimum atomic E-state index is -0.116. The van der Waals surface area contributed by atoms with Crippen molar-refractivity contribution in [1.82, 2.24) is 29.9 Å². The Hall–Kier alpha value is -4.09. The molecule has 4 aromatic rings. The highest BCUT2D eigenvalue weighted by atomic mass is 16.3. The minimum Gasteiger partial charge on any atom is -0.390 e.